The Morgan fingerprint density at radius 2 is 1.59 bits per heavy atom. The van der Waals surface area contributed by atoms with Crippen molar-refractivity contribution in [1.29, 1.82) is 0 Å². The summed E-state index contributed by atoms with van der Waals surface area (Å²) in [6, 6.07) is 0. The predicted octanol–water partition coefficient (Wildman–Crippen LogP) is 3.52. The Balaban J connectivity index is 1.84. The van der Waals surface area contributed by atoms with Crippen LogP contribution in [-0.4, -0.2) is 31.4 Å². The molecule has 0 radical (unpaired) electrons. The van der Waals surface area contributed by atoms with Gasteiger partial charge in [0.2, 0.25) is 5.91 Å². The molecule has 1 amide bonds. The van der Waals surface area contributed by atoms with Crippen LogP contribution in [-0.2, 0) is 24.3 Å². The lowest BCUT2D eigenvalue weighted by molar-refractivity contribution is -0.208. The molecule has 1 N–H and O–H groups in total. The van der Waals surface area contributed by atoms with Crippen LogP contribution in [0, 0.1) is 28.6 Å². The third-order valence-electron chi connectivity index (χ3n) is 6.99. The van der Waals surface area contributed by atoms with Crippen LogP contribution in [0.2, 0.25) is 0 Å². The van der Waals surface area contributed by atoms with Gasteiger partial charge in [0.15, 0.2) is 0 Å². The maximum atomic E-state index is 12.7. The standard InChI is InChI=1S/C19H28F3NO5S/c1-11(16(2,3)4)14(24)28-18-8-12-5-13(9-18)7-17(6-12,10-18)15(25)23-29(26,27)19(20,21)22/h11-13H,5-10H2,1-4H3,(H,23,25). The Labute approximate surface area is 169 Å². The maximum Gasteiger partial charge on any atom is 0.516 e. The number of sulfonamides is 1. The molecule has 10 heteroatoms. The number of halogens is 3. The van der Waals surface area contributed by atoms with Crippen LogP contribution < -0.4 is 4.72 Å². The van der Waals surface area contributed by atoms with E-state index in [9.17, 15) is 31.2 Å². The summed E-state index contributed by atoms with van der Waals surface area (Å²) in [6.45, 7) is 7.50. The van der Waals surface area contributed by atoms with Crippen molar-refractivity contribution in [2.24, 2.45) is 28.6 Å². The van der Waals surface area contributed by atoms with E-state index in [1.165, 1.54) is 4.72 Å². The Hall–Kier alpha value is -1.32. The van der Waals surface area contributed by atoms with Crippen molar-refractivity contribution in [3.63, 3.8) is 0 Å². The molecule has 3 atom stereocenters. The van der Waals surface area contributed by atoms with Gasteiger partial charge in [-0.2, -0.15) is 21.6 Å². The summed E-state index contributed by atoms with van der Waals surface area (Å²) in [7, 11) is -5.77. The molecular formula is C19H28F3NO5S. The minimum atomic E-state index is -5.77. The second-order valence-corrected chi connectivity index (χ2v) is 12.0. The minimum Gasteiger partial charge on any atom is -0.459 e. The average Bonchev–Trinajstić information content (AvgIpc) is 2.49. The first-order valence-corrected chi connectivity index (χ1v) is 11.3. The first kappa shape index (κ1) is 22.4. The van der Waals surface area contributed by atoms with Gasteiger partial charge in [0.25, 0.3) is 0 Å². The fraction of sp³-hybridized carbons (Fsp3) is 0.895. The first-order valence-electron chi connectivity index (χ1n) is 9.85. The van der Waals surface area contributed by atoms with E-state index in [1.54, 1.807) is 6.92 Å². The van der Waals surface area contributed by atoms with Gasteiger partial charge in [0.1, 0.15) is 5.60 Å². The molecular weight excluding hydrogens is 411 g/mol. The smallest absolute Gasteiger partial charge is 0.459 e. The predicted molar refractivity (Wildman–Crippen MR) is 97.7 cm³/mol. The molecule has 166 valence electrons. The number of ether oxygens (including phenoxy) is 1. The topological polar surface area (TPSA) is 89.5 Å². The summed E-state index contributed by atoms with van der Waals surface area (Å²) >= 11 is 0. The summed E-state index contributed by atoms with van der Waals surface area (Å²) < 4.78 is 68.3. The highest BCUT2D eigenvalue weighted by Crippen LogP contribution is 2.63. The SMILES string of the molecule is CC(C(=O)OC12CC3CC(C1)CC(C(=O)NS(=O)(=O)C(F)(F)F)(C3)C2)C(C)(C)C. The highest BCUT2D eigenvalue weighted by Gasteiger charge is 2.63. The maximum absolute atomic E-state index is 12.7. The van der Waals surface area contributed by atoms with Crippen molar-refractivity contribution in [2.75, 3.05) is 0 Å². The second-order valence-electron chi connectivity index (χ2n) is 10.3. The molecule has 4 aliphatic carbocycles. The van der Waals surface area contributed by atoms with E-state index in [0.717, 1.165) is 6.42 Å². The van der Waals surface area contributed by atoms with Gasteiger partial charge in [-0.3, -0.25) is 9.59 Å². The van der Waals surface area contributed by atoms with Crippen molar-refractivity contribution >= 4 is 21.9 Å². The van der Waals surface area contributed by atoms with Crippen LogP contribution in [0.3, 0.4) is 0 Å². The monoisotopic (exact) mass is 439 g/mol. The average molecular weight is 439 g/mol. The van der Waals surface area contributed by atoms with Crippen molar-refractivity contribution in [1.82, 2.24) is 4.72 Å². The number of hydrogen-bond acceptors (Lipinski definition) is 5. The van der Waals surface area contributed by atoms with E-state index in [2.05, 4.69) is 0 Å². The summed E-state index contributed by atoms with van der Waals surface area (Å²) in [5.41, 5.74) is -8.06. The molecule has 0 heterocycles. The third-order valence-corrected chi connectivity index (χ3v) is 8.05. The highest BCUT2D eigenvalue weighted by atomic mass is 32.2. The lowest BCUT2D eigenvalue weighted by Gasteiger charge is -2.60. The fourth-order valence-electron chi connectivity index (χ4n) is 5.51. The Bertz CT molecular complexity index is 801. The largest absolute Gasteiger partial charge is 0.516 e. The molecule has 3 unspecified atom stereocenters. The minimum absolute atomic E-state index is 0.0216. The normalized spacial score (nSPS) is 35.3. The van der Waals surface area contributed by atoms with Crippen LogP contribution in [0.15, 0.2) is 0 Å². The number of nitrogens with one attached hydrogen (secondary N) is 1. The number of alkyl halides is 3. The number of hydrogen-bond donors (Lipinski definition) is 1. The molecule has 0 aliphatic heterocycles. The summed E-state index contributed by atoms with van der Waals surface area (Å²) in [5.74, 6) is -1.88. The zero-order chi connectivity index (χ0) is 22.0. The molecule has 4 bridgehead atoms. The van der Waals surface area contributed by atoms with Crippen molar-refractivity contribution in [2.45, 2.75) is 77.3 Å². The summed E-state index contributed by atoms with van der Waals surface area (Å²) in [5, 5.41) is 0. The molecule has 0 spiro atoms. The number of carbonyl (C=O) groups excluding carboxylic acids is 2. The zero-order valence-corrected chi connectivity index (χ0v) is 17.9. The van der Waals surface area contributed by atoms with Crippen LogP contribution >= 0.6 is 0 Å². The Morgan fingerprint density at radius 3 is 2.03 bits per heavy atom. The van der Waals surface area contributed by atoms with Crippen molar-refractivity contribution < 1.29 is 35.9 Å². The fourth-order valence-corrected chi connectivity index (χ4v) is 6.08. The van der Waals surface area contributed by atoms with Gasteiger partial charge in [-0.1, -0.05) is 27.7 Å². The van der Waals surface area contributed by atoms with Gasteiger partial charge in [-0.15, -0.1) is 0 Å². The molecule has 4 aliphatic rings. The molecule has 4 rings (SSSR count). The van der Waals surface area contributed by atoms with Gasteiger partial charge < -0.3 is 4.74 Å². The molecule has 0 aromatic rings. The van der Waals surface area contributed by atoms with E-state index in [0.29, 0.717) is 25.7 Å². The van der Waals surface area contributed by atoms with E-state index >= 15 is 0 Å². The van der Waals surface area contributed by atoms with Gasteiger partial charge >= 0.3 is 21.5 Å². The lowest BCUT2D eigenvalue weighted by atomic mass is 9.47. The van der Waals surface area contributed by atoms with Crippen LogP contribution in [0.1, 0.15) is 66.2 Å². The Kier molecular flexibility index (Phi) is 5.08. The van der Waals surface area contributed by atoms with Crippen molar-refractivity contribution in [3.8, 4) is 0 Å². The van der Waals surface area contributed by atoms with Crippen molar-refractivity contribution in [3.05, 3.63) is 0 Å². The summed E-state index contributed by atoms with van der Waals surface area (Å²) in [4.78, 5) is 25.5. The van der Waals surface area contributed by atoms with Gasteiger partial charge in [-0.25, -0.2) is 4.72 Å². The molecule has 4 fully saturated rings. The molecule has 4 saturated carbocycles. The quantitative estimate of drug-likeness (QED) is 0.677. The third kappa shape index (κ3) is 4.01. The number of amides is 1. The lowest BCUT2D eigenvalue weighted by Crippen LogP contribution is -2.62. The number of rotatable bonds is 4. The van der Waals surface area contributed by atoms with E-state index in [1.807, 2.05) is 20.8 Å². The van der Waals surface area contributed by atoms with E-state index < -0.39 is 44.3 Å². The molecule has 0 aromatic heterocycles. The van der Waals surface area contributed by atoms with E-state index in [-0.39, 0.29) is 23.7 Å². The second kappa shape index (κ2) is 6.59. The van der Waals surface area contributed by atoms with E-state index in [4.69, 9.17) is 4.74 Å². The van der Waals surface area contributed by atoms with Gasteiger partial charge in [0, 0.05) is 6.42 Å². The van der Waals surface area contributed by atoms with Crippen LogP contribution in [0.4, 0.5) is 13.2 Å². The zero-order valence-electron chi connectivity index (χ0n) is 17.1. The number of esters is 1. The van der Waals surface area contributed by atoms with Crippen LogP contribution in [0.5, 0.6) is 0 Å². The molecule has 0 aromatic carbocycles. The van der Waals surface area contributed by atoms with Gasteiger partial charge in [0.05, 0.1) is 11.3 Å². The summed E-state index contributed by atoms with van der Waals surface area (Å²) in [6.07, 6.45) is 2.64. The number of carbonyl (C=O) groups is 2. The molecule has 29 heavy (non-hydrogen) atoms. The molecule has 6 nitrogen and oxygen atoms in total. The van der Waals surface area contributed by atoms with Gasteiger partial charge in [-0.05, 0) is 49.4 Å². The highest BCUT2D eigenvalue weighted by molar-refractivity contribution is 7.90. The van der Waals surface area contributed by atoms with Crippen LogP contribution in [0.25, 0.3) is 0 Å². The Morgan fingerprint density at radius 1 is 1.07 bits per heavy atom. The molecule has 0 saturated heterocycles. The first-order chi connectivity index (χ1) is 13.0.